The van der Waals surface area contributed by atoms with Crippen LogP contribution in [0.4, 0.5) is 0 Å². The van der Waals surface area contributed by atoms with Crippen LogP contribution in [0.5, 0.6) is 0 Å². The third-order valence-corrected chi connectivity index (χ3v) is 5.59. The highest BCUT2D eigenvalue weighted by Crippen LogP contribution is 2.31. The zero-order valence-corrected chi connectivity index (χ0v) is 17.0. The van der Waals surface area contributed by atoms with E-state index in [1.807, 2.05) is 13.8 Å². The van der Waals surface area contributed by atoms with E-state index in [4.69, 9.17) is 32.7 Å². The van der Waals surface area contributed by atoms with E-state index in [0.29, 0.717) is 49.7 Å². The molecule has 1 atom stereocenters. The van der Waals surface area contributed by atoms with Gasteiger partial charge in [0.2, 0.25) is 5.91 Å². The van der Waals surface area contributed by atoms with Crippen LogP contribution in [0, 0.1) is 5.92 Å². The van der Waals surface area contributed by atoms with Crippen molar-refractivity contribution in [2.45, 2.75) is 38.5 Å². The molecule has 148 valence electrons. The number of piperidine rings is 1. The number of ether oxygens (including phenoxy) is 2. The number of nitrogens with one attached hydrogen (secondary N) is 1. The summed E-state index contributed by atoms with van der Waals surface area (Å²) >= 11 is 12.0. The number of benzene rings is 1. The zero-order chi connectivity index (χ0) is 19.6. The lowest BCUT2D eigenvalue weighted by Crippen LogP contribution is -2.55. The van der Waals surface area contributed by atoms with Gasteiger partial charge in [0.05, 0.1) is 23.8 Å². The highest BCUT2D eigenvalue weighted by atomic mass is 35.5. The monoisotopic (exact) mass is 414 g/mol. The average Bonchev–Trinajstić information content (AvgIpc) is 3.07. The van der Waals surface area contributed by atoms with E-state index in [2.05, 4.69) is 5.32 Å². The van der Waals surface area contributed by atoms with Crippen molar-refractivity contribution < 1.29 is 19.1 Å². The van der Waals surface area contributed by atoms with E-state index in [9.17, 15) is 9.59 Å². The molecular weight excluding hydrogens is 391 g/mol. The predicted octanol–water partition coefficient (Wildman–Crippen LogP) is 3.11. The Hall–Kier alpha value is -1.34. The summed E-state index contributed by atoms with van der Waals surface area (Å²) in [5.74, 6) is -1.09. The van der Waals surface area contributed by atoms with Crippen molar-refractivity contribution in [2.24, 2.45) is 5.92 Å². The van der Waals surface area contributed by atoms with Gasteiger partial charge in [-0.1, -0.05) is 37.0 Å². The minimum Gasteiger partial charge on any atom is -0.347 e. The maximum Gasteiger partial charge on any atom is 0.253 e. The van der Waals surface area contributed by atoms with Crippen LogP contribution in [-0.4, -0.2) is 54.8 Å². The second-order valence-corrected chi connectivity index (χ2v) is 8.10. The first kappa shape index (κ1) is 20.4. The van der Waals surface area contributed by atoms with Gasteiger partial charge in [0.1, 0.15) is 6.04 Å². The molecule has 8 heteroatoms. The topological polar surface area (TPSA) is 67.9 Å². The second-order valence-electron chi connectivity index (χ2n) is 7.25. The highest BCUT2D eigenvalue weighted by Gasteiger charge is 2.42. The maximum absolute atomic E-state index is 13.0. The molecule has 0 bridgehead atoms. The summed E-state index contributed by atoms with van der Waals surface area (Å²) in [6, 6.07) is 4.03. The molecule has 0 radical (unpaired) electrons. The number of halogens is 2. The lowest BCUT2D eigenvalue weighted by molar-refractivity contribution is -0.188. The summed E-state index contributed by atoms with van der Waals surface area (Å²) in [4.78, 5) is 27.4. The van der Waals surface area contributed by atoms with Gasteiger partial charge in [0, 0.05) is 31.0 Å². The number of rotatable bonds is 4. The predicted molar refractivity (Wildman–Crippen MR) is 103 cm³/mol. The number of likely N-dealkylation sites (tertiary alicyclic amines) is 1. The van der Waals surface area contributed by atoms with E-state index in [1.165, 1.54) is 6.07 Å². The fourth-order valence-electron chi connectivity index (χ4n) is 3.46. The molecule has 0 unspecified atom stereocenters. The Labute approximate surface area is 169 Å². The fourth-order valence-corrected chi connectivity index (χ4v) is 3.95. The van der Waals surface area contributed by atoms with Crippen molar-refractivity contribution >= 4 is 35.0 Å². The minimum absolute atomic E-state index is 0.0672. The summed E-state index contributed by atoms with van der Waals surface area (Å²) in [7, 11) is 0. The molecule has 27 heavy (non-hydrogen) atoms. The molecule has 2 amide bonds. The molecular formula is C19H24Cl2N2O4. The Morgan fingerprint density at radius 2 is 1.78 bits per heavy atom. The van der Waals surface area contributed by atoms with Gasteiger partial charge in [0.25, 0.3) is 5.91 Å². The quantitative estimate of drug-likeness (QED) is 0.821. The maximum atomic E-state index is 13.0. The number of carbonyl (C=O) groups excluding carboxylic acids is 2. The lowest BCUT2D eigenvalue weighted by atomic mass is 9.98. The van der Waals surface area contributed by atoms with E-state index in [0.717, 1.165) is 0 Å². The number of hydrogen-bond donors (Lipinski definition) is 1. The van der Waals surface area contributed by atoms with Gasteiger partial charge < -0.3 is 19.7 Å². The standard InChI is InChI=1S/C19H24Cl2N2O4/c1-12(2)16(22-17(24)14-4-3-13(20)11-15(14)21)18(25)23-7-5-19(6-8-23)26-9-10-27-19/h3-4,11-12,16H,5-10H2,1-2H3,(H,22,24)/t16-/m0/s1. The first-order chi connectivity index (χ1) is 12.8. The number of hydrogen-bond acceptors (Lipinski definition) is 4. The first-order valence-corrected chi connectivity index (χ1v) is 9.89. The van der Waals surface area contributed by atoms with E-state index >= 15 is 0 Å². The van der Waals surface area contributed by atoms with Crippen LogP contribution in [-0.2, 0) is 14.3 Å². The van der Waals surface area contributed by atoms with Crippen LogP contribution in [0.25, 0.3) is 0 Å². The van der Waals surface area contributed by atoms with Gasteiger partial charge in [-0.3, -0.25) is 9.59 Å². The summed E-state index contributed by atoms with van der Waals surface area (Å²) in [6.07, 6.45) is 1.28. The Balaban J connectivity index is 1.66. The Morgan fingerprint density at radius 3 is 2.33 bits per heavy atom. The zero-order valence-electron chi connectivity index (χ0n) is 15.5. The van der Waals surface area contributed by atoms with Crippen molar-refractivity contribution in [3.63, 3.8) is 0 Å². The molecule has 2 aliphatic heterocycles. The largest absolute Gasteiger partial charge is 0.347 e. The SMILES string of the molecule is CC(C)[C@H](NC(=O)c1ccc(Cl)cc1Cl)C(=O)N1CCC2(CC1)OCCO2. The van der Waals surface area contributed by atoms with Crippen molar-refractivity contribution in [1.29, 1.82) is 0 Å². The van der Waals surface area contributed by atoms with Crippen LogP contribution in [0.3, 0.4) is 0 Å². The normalized spacial score (nSPS) is 20.1. The number of carbonyl (C=O) groups is 2. The summed E-state index contributed by atoms with van der Waals surface area (Å²) in [6.45, 7) is 6.09. The highest BCUT2D eigenvalue weighted by molar-refractivity contribution is 6.36. The van der Waals surface area contributed by atoms with Crippen molar-refractivity contribution in [3.8, 4) is 0 Å². The molecule has 0 aromatic heterocycles. The average molecular weight is 415 g/mol. The number of amides is 2. The molecule has 2 aliphatic rings. The van der Waals surface area contributed by atoms with Crippen molar-refractivity contribution in [2.75, 3.05) is 26.3 Å². The molecule has 3 rings (SSSR count). The molecule has 0 saturated carbocycles. The van der Waals surface area contributed by atoms with Gasteiger partial charge in [-0.2, -0.15) is 0 Å². The molecule has 1 spiro atoms. The molecule has 2 saturated heterocycles. The smallest absolute Gasteiger partial charge is 0.253 e. The van der Waals surface area contributed by atoms with Gasteiger partial charge in [0.15, 0.2) is 5.79 Å². The molecule has 1 N–H and O–H groups in total. The second kappa shape index (κ2) is 8.35. The molecule has 0 aliphatic carbocycles. The van der Waals surface area contributed by atoms with Crippen LogP contribution >= 0.6 is 23.2 Å². The number of nitrogens with zero attached hydrogens (tertiary/aromatic N) is 1. The summed E-state index contributed by atoms with van der Waals surface area (Å²) in [5, 5.41) is 3.54. The summed E-state index contributed by atoms with van der Waals surface area (Å²) < 4.78 is 11.4. The van der Waals surface area contributed by atoms with Crippen molar-refractivity contribution in [1.82, 2.24) is 10.2 Å². The van der Waals surface area contributed by atoms with Crippen LogP contribution < -0.4 is 5.32 Å². The molecule has 1 aromatic carbocycles. The lowest BCUT2D eigenvalue weighted by Gasteiger charge is -2.39. The Bertz CT molecular complexity index is 710. The molecule has 2 heterocycles. The van der Waals surface area contributed by atoms with Crippen LogP contribution in [0.15, 0.2) is 18.2 Å². The van der Waals surface area contributed by atoms with E-state index < -0.39 is 11.8 Å². The van der Waals surface area contributed by atoms with Gasteiger partial charge in [-0.15, -0.1) is 0 Å². The fraction of sp³-hybridized carbons (Fsp3) is 0.579. The Morgan fingerprint density at radius 1 is 1.15 bits per heavy atom. The van der Waals surface area contributed by atoms with Gasteiger partial charge >= 0.3 is 0 Å². The minimum atomic E-state index is -0.635. The van der Waals surface area contributed by atoms with Gasteiger partial charge in [-0.05, 0) is 24.1 Å². The van der Waals surface area contributed by atoms with Crippen LogP contribution in [0.2, 0.25) is 10.0 Å². The molecule has 6 nitrogen and oxygen atoms in total. The molecule has 1 aromatic rings. The summed E-state index contributed by atoms with van der Waals surface area (Å²) in [5.41, 5.74) is 0.296. The third kappa shape index (κ3) is 4.57. The van der Waals surface area contributed by atoms with Crippen molar-refractivity contribution in [3.05, 3.63) is 33.8 Å². The van der Waals surface area contributed by atoms with Crippen LogP contribution in [0.1, 0.15) is 37.0 Å². The van der Waals surface area contributed by atoms with Gasteiger partial charge in [-0.25, -0.2) is 0 Å². The Kier molecular flexibility index (Phi) is 6.31. The van der Waals surface area contributed by atoms with E-state index in [-0.39, 0.29) is 22.8 Å². The first-order valence-electron chi connectivity index (χ1n) is 9.14. The third-order valence-electron chi connectivity index (χ3n) is 5.05. The molecule has 2 fully saturated rings. The van der Waals surface area contributed by atoms with E-state index in [1.54, 1.807) is 17.0 Å².